The van der Waals surface area contributed by atoms with E-state index in [0.29, 0.717) is 12.1 Å². The van der Waals surface area contributed by atoms with Crippen LogP contribution in [0, 0.1) is 5.82 Å². The molecule has 1 N–H and O–H groups in total. The highest BCUT2D eigenvalue weighted by molar-refractivity contribution is 7.99. The highest BCUT2D eigenvalue weighted by atomic mass is 35.5. The van der Waals surface area contributed by atoms with Crippen LogP contribution in [-0.4, -0.2) is 32.5 Å². The largest absolute Gasteiger partial charge is 0.313 e. The van der Waals surface area contributed by atoms with Crippen molar-refractivity contribution in [3.63, 3.8) is 0 Å². The van der Waals surface area contributed by atoms with Gasteiger partial charge in [-0.25, -0.2) is 4.39 Å². The molecule has 0 saturated carbocycles. The van der Waals surface area contributed by atoms with E-state index in [-0.39, 0.29) is 18.2 Å². The number of nitrogens with zero attached hydrogens (tertiary/aromatic N) is 4. The third-order valence-corrected chi connectivity index (χ3v) is 4.45. The van der Waals surface area contributed by atoms with Gasteiger partial charge in [-0.2, -0.15) is 4.68 Å². The SMILES string of the molecule is Cl.Fc1ccccc1CNCCCSc1nnnn1-c1ccccc1. The first kappa shape index (κ1) is 19.4. The van der Waals surface area contributed by atoms with Gasteiger partial charge >= 0.3 is 0 Å². The van der Waals surface area contributed by atoms with Gasteiger partial charge in [0, 0.05) is 17.9 Å². The van der Waals surface area contributed by atoms with Crippen molar-refractivity contribution in [2.45, 2.75) is 18.1 Å². The van der Waals surface area contributed by atoms with E-state index < -0.39 is 0 Å². The predicted molar refractivity (Wildman–Crippen MR) is 99.8 cm³/mol. The number of aromatic nitrogens is 4. The van der Waals surface area contributed by atoms with Gasteiger partial charge in [0.25, 0.3) is 0 Å². The maximum absolute atomic E-state index is 13.5. The third-order valence-electron chi connectivity index (χ3n) is 3.44. The van der Waals surface area contributed by atoms with E-state index in [1.807, 2.05) is 36.4 Å². The van der Waals surface area contributed by atoms with Crippen LogP contribution in [0.4, 0.5) is 4.39 Å². The summed E-state index contributed by atoms with van der Waals surface area (Å²) in [6.45, 7) is 1.35. The summed E-state index contributed by atoms with van der Waals surface area (Å²) in [6.07, 6.45) is 0.945. The van der Waals surface area contributed by atoms with Crippen molar-refractivity contribution in [2.75, 3.05) is 12.3 Å². The molecule has 8 heteroatoms. The van der Waals surface area contributed by atoms with Crippen molar-refractivity contribution >= 4 is 24.2 Å². The van der Waals surface area contributed by atoms with Crippen molar-refractivity contribution in [1.29, 1.82) is 0 Å². The summed E-state index contributed by atoms with van der Waals surface area (Å²) in [5.74, 6) is 0.721. The average molecular weight is 380 g/mol. The summed E-state index contributed by atoms with van der Waals surface area (Å²) < 4.78 is 15.2. The van der Waals surface area contributed by atoms with E-state index in [1.54, 1.807) is 28.6 Å². The molecule has 25 heavy (non-hydrogen) atoms. The lowest BCUT2D eigenvalue weighted by molar-refractivity contribution is 0.587. The normalized spacial score (nSPS) is 10.4. The number of tetrazole rings is 1. The second-order valence-electron chi connectivity index (χ2n) is 5.18. The molecule has 0 aliphatic carbocycles. The van der Waals surface area contributed by atoms with Crippen LogP contribution in [-0.2, 0) is 6.54 Å². The van der Waals surface area contributed by atoms with Gasteiger partial charge in [-0.1, -0.05) is 48.2 Å². The first-order chi connectivity index (χ1) is 11.8. The molecule has 0 amide bonds. The third kappa shape index (κ3) is 5.52. The van der Waals surface area contributed by atoms with E-state index in [9.17, 15) is 4.39 Å². The minimum absolute atomic E-state index is 0. The maximum Gasteiger partial charge on any atom is 0.214 e. The molecular weight excluding hydrogens is 361 g/mol. The van der Waals surface area contributed by atoms with Gasteiger partial charge in [-0.3, -0.25) is 0 Å². The van der Waals surface area contributed by atoms with Gasteiger partial charge in [0.05, 0.1) is 5.69 Å². The Morgan fingerprint density at radius 2 is 1.80 bits per heavy atom. The Labute approximate surface area is 156 Å². The van der Waals surface area contributed by atoms with Gasteiger partial charge in [-0.05, 0) is 41.6 Å². The number of thioether (sulfide) groups is 1. The molecule has 0 fully saturated rings. The van der Waals surface area contributed by atoms with Gasteiger partial charge in [0.2, 0.25) is 5.16 Å². The van der Waals surface area contributed by atoms with Crippen molar-refractivity contribution in [1.82, 2.24) is 25.5 Å². The summed E-state index contributed by atoms with van der Waals surface area (Å²) in [6, 6.07) is 16.6. The molecule has 0 bridgehead atoms. The molecule has 0 aliphatic rings. The second-order valence-corrected chi connectivity index (χ2v) is 6.24. The van der Waals surface area contributed by atoms with Crippen LogP contribution < -0.4 is 5.32 Å². The Morgan fingerprint density at radius 1 is 1.04 bits per heavy atom. The number of benzene rings is 2. The zero-order chi connectivity index (χ0) is 16.6. The monoisotopic (exact) mass is 379 g/mol. The van der Waals surface area contributed by atoms with E-state index >= 15 is 0 Å². The molecule has 0 atom stereocenters. The first-order valence-electron chi connectivity index (χ1n) is 7.75. The number of rotatable bonds is 8. The molecule has 5 nitrogen and oxygen atoms in total. The van der Waals surface area contributed by atoms with Crippen molar-refractivity contribution in [3.05, 3.63) is 66.0 Å². The van der Waals surface area contributed by atoms with Crippen LogP contribution in [0.2, 0.25) is 0 Å². The van der Waals surface area contributed by atoms with Crippen LogP contribution in [0.5, 0.6) is 0 Å². The van der Waals surface area contributed by atoms with Crippen LogP contribution in [0.3, 0.4) is 0 Å². The molecule has 0 unspecified atom stereocenters. The zero-order valence-corrected chi connectivity index (χ0v) is 15.1. The standard InChI is InChI=1S/C17H18FN5S.ClH/c18-16-10-5-4-7-14(16)13-19-11-6-12-24-17-20-21-22-23(17)15-8-2-1-3-9-15;/h1-5,7-10,19H,6,11-13H2;1H. The fourth-order valence-electron chi connectivity index (χ4n) is 2.23. The molecule has 2 aromatic carbocycles. The quantitative estimate of drug-likeness (QED) is 0.479. The molecule has 3 rings (SSSR count). The molecular formula is C17H19ClFN5S. The van der Waals surface area contributed by atoms with Gasteiger partial charge in [-0.15, -0.1) is 17.5 Å². The van der Waals surface area contributed by atoms with Gasteiger partial charge in [0.1, 0.15) is 5.82 Å². The highest BCUT2D eigenvalue weighted by Gasteiger charge is 2.08. The van der Waals surface area contributed by atoms with Gasteiger partial charge in [0.15, 0.2) is 0 Å². The second kappa shape index (κ2) is 10.1. The molecule has 0 spiro atoms. The Morgan fingerprint density at radius 3 is 2.60 bits per heavy atom. The van der Waals surface area contributed by atoms with Gasteiger partial charge < -0.3 is 5.32 Å². The van der Waals surface area contributed by atoms with E-state index in [4.69, 9.17) is 0 Å². The van der Waals surface area contributed by atoms with Crippen molar-refractivity contribution < 1.29 is 4.39 Å². The van der Waals surface area contributed by atoms with Crippen molar-refractivity contribution in [2.24, 2.45) is 0 Å². The van der Waals surface area contributed by atoms with Crippen LogP contribution in [0.15, 0.2) is 59.8 Å². The molecule has 1 heterocycles. The van der Waals surface area contributed by atoms with Crippen LogP contribution >= 0.6 is 24.2 Å². The first-order valence-corrected chi connectivity index (χ1v) is 8.74. The number of halogens is 2. The average Bonchev–Trinajstić information content (AvgIpc) is 3.09. The molecule has 0 aliphatic heterocycles. The topological polar surface area (TPSA) is 55.6 Å². The lowest BCUT2D eigenvalue weighted by Gasteiger charge is -2.06. The zero-order valence-electron chi connectivity index (χ0n) is 13.5. The number of nitrogens with one attached hydrogen (secondary N) is 1. The summed E-state index contributed by atoms with van der Waals surface area (Å²) in [7, 11) is 0. The summed E-state index contributed by atoms with van der Waals surface area (Å²) in [5, 5.41) is 15.9. The Balaban J connectivity index is 0.00000225. The minimum Gasteiger partial charge on any atom is -0.313 e. The van der Waals surface area contributed by atoms with Crippen LogP contribution in [0.25, 0.3) is 5.69 Å². The van der Waals surface area contributed by atoms with E-state index in [0.717, 1.165) is 29.6 Å². The summed E-state index contributed by atoms with van der Waals surface area (Å²) >= 11 is 1.61. The predicted octanol–water partition coefficient (Wildman–Crippen LogP) is 3.50. The lowest BCUT2D eigenvalue weighted by Crippen LogP contribution is -2.16. The smallest absolute Gasteiger partial charge is 0.214 e. The lowest BCUT2D eigenvalue weighted by atomic mass is 10.2. The van der Waals surface area contributed by atoms with Crippen LogP contribution in [0.1, 0.15) is 12.0 Å². The summed E-state index contributed by atoms with van der Waals surface area (Å²) in [4.78, 5) is 0. The highest BCUT2D eigenvalue weighted by Crippen LogP contribution is 2.18. The van der Waals surface area contributed by atoms with E-state index in [1.165, 1.54) is 6.07 Å². The molecule has 1 aromatic heterocycles. The Bertz CT molecular complexity index is 768. The molecule has 0 radical (unpaired) electrons. The number of hydrogen-bond acceptors (Lipinski definition) is 5. The van der Waals surface area contributed by atoms with Crippen molar-refractivity contribution in [3.8, 4) is 5.69 Å². The summed E-state index contributed by atoms with van der Waals surface area (Å²) in [5.41, 5.74) is 1.64. The molecule has 132 valence electrons. The van der Waals surface area contributed by atoms with E-state index in [2.05, 4.69) is 20.8 Å². The minimum atomic E-state index is -0.165. The Hall–Kier alpha value is -1.96. The molecule has 0 saturated heterocycles. The Kier molecular flexibility index (Phi) is 7.84. The number of hydrogen-bond donors (Lipinski definition) is 1. The number of para-hydroxylation sites is 1. The molecule has 3 aromatic rings. The fourth-order valence-corrected chi connectivity index (χ4v) is 3.06. The fraction of sp³-hybridized carbons (Fsp3) is 0.235. The maximum atomic E-state index is 13.5.